The van der Waals surface area contributed by atoms with Crippen molar-refractivity contribution in [2.75, 3.05) is 0 Å². The van der Waals surface area contributed by atoms with Crippen LogP contribution in [0.25, 0.3) is 10.9 Å². The average Bonchev–Trinajstić information content (AvgIpc) is 2.27. The molecular formula is C15H16N2O. The van der Waals surface area contributed by atoms with Crippen molar-refractivity contribution in [2.45, 2.75) is 33.1 Å². The zero-order valence-corrected chi connectivity index (χ0v) is 11.1. The van der Waals surface area contributed by atoms with E-state index in [0.717, 1.165) is 16.5 Å². The van der Waals surface area contributed by atoms with E-state index < -0.39 is 0 Å². The molecule has 92 valence electrons. The summed E-state index contributed by atoms with van der Waals surface area (Å²) in [7, 11) is 0. The predicted octanol–water partition coefficient (Wildman–Crippen LogP) is 3.01. The van der Waals surface area contributed by atoms with Crippen LogP contribution in [-0.4, -0.2) is 4.98 Å². The van der Waals surface area contributed by atoms with E-state index >= 15 is 0 Å². The van der Waals surface area contributed by atoms with Crippen LogP contribution in [0, 0.1) is 18.3 Å². The Morgan fingerprint density at radius 2 is 1.94 bits per heavy atom. The minimum atomic E-state index is -0.314. The van der Waals surface area contributed by atoms with Gasteiger partial charge in [-0.3, -0.25) is 4.79 Å². The van der Waals surface area contributed by atoms with E-state index in [1.807, 2.05) is 25.1 Å². The normalized spacial score (nSPS) is 11.5. The number of aromatic nitrogens is 1. The van der Waals surface area contributed by atoms with Crippen LogP contribution in [0.3, 0.4) is 0 Å². The van der Waals surface area contributed by atoms with Gasteiger partial charge < -0.3 is 4.98 Å². The standard InChI is InChI=1S/C15H16N2O/c1-9-11-7-10(15(2,3)4)5-6-13(11)17-14(18)12(9)8-16/h5-7H,1-4H3,(H,17,18). The Kier molecular flexibility index (Phi) is 2.74. The van der Waals surface area contributed by atoms with Gasteiger partial charge in [0.2, 0.25) is 0 Å². The second-order valence-corrected chi connectivity index (χ2v) is 5.58. The Morgan fingerprint density at radius 1 is 1.28 bits per heavy atom. The Hall–Kier alpha value is -2.08. The number of pyridine rings is 1. The number of nitrogens with one attached hydrogen (secondary N) is 1. The molecule has 0 aliphatic heterocycles. The second-order valence-electron chi connectivity index (χ2n) is 5.58. The van der Waals surface area contributed by atoms with Gasteiger partial charge in [0.1, 0.15) is 11.6 Å². The highest BCUT2D eigenvalue weighted by Crippen LogP contribution is 2.26. The molecule has 0 aliphatic rings. The number of aromatic amines is 1. The highest BCUT2D eigenvalue weighted by atomic mass is 16.1. The highest BCUT2D eigenvalue weighted by molar-refractivity contribution is 5.84. The Balaban J connectivity index is 2.86. The summed E-state index contributed by atoms with van der Waals surface area (Å²) in [6, 6.07) is 7.95. The molecule has 0 saturated heterocycles. The molecule has 0 saturated carbocycles. The molecule has 3 nitrogen and oxygen atoms in total. The third-order valence-electron chi connectivity index (χ3n) is 3.25. The topological polar surface area (TPSA) is 56.6 Å². The molecule has 0 atom stereocenters. The molecule has 0 spiro atoms. The van der Waals surface area contributed by atoms with E-state index in [9.17, 15) is 4.79 Å². The van der Waals surface area contributed by atoms with Crippen molar-refractivity contribution in [1.82, 2.24) is 4.98 Å². The Morgan fingerprint density at radius 3 is 2.50 bits per heavy atom. The second kappa shape index (κ2) is 3.99. The quantitative estimate of drug-likeness (QED) is 0.769. The molecule has 1 aromatic carbocycles. The van der Waals surface area contributed by atoms with Crippen LogP contribution in [0.2, 0.25) is 0 Å². The van der Waals surface area contributed by atoms with Crippen molar-refractivity contribution in [3.63, 3.8) is 0 Å². The number of H-pyrrole nitrogens is 1. The van der Waals surface area contributed by atoms with Gasteiger partial charge >= 0.3 is 0 Å². The number of nitrogens with zero attached hydrogens (tertiary/aromatic N) is 1. The maximum absolute atomic E-state index is 11.7. The minimum Gasteiger partial charge on any atom is -0.321 e. The van der Waals surface area contributed by atoms with Crippen molar-refractivity contribution in [2.24, 2.45) is 0 Å². The third-order valence-corrected chi connectivity index (χ3v) is 3.25. The van der Waals surface area contributed by atoms with Gasteiger partial charge in [-0.25, -0.2) is 0 Å². The number of benzene rings is 1. The van der Waals surface area contributed by atoms with Crippen LogP contribution >= 0.6 is 0 Å². The summed E-state index contributed by atoms with van der Waals surface area (Å²) in [6.45, 7) is 8.24. The predicted molar refractivity (Wildman–Crippen MR) is 72.7 cm³/mol. The van der Waals surface area contributed by atoms with Crippen LogP contribution in [0.1, 0.15) is 37.5 Å². The summed E-state index contributed by atoms with van der Waals surface area (Å²) in [4.78, 5) is 14.4. The minimum absolute atomic E-state index is 0.0452. The molecule has 3 heteroatoms. The van der Waals surface area contributed by atoms with Gasteiger partial charge in [-0.1, -0.05) is 26.8 Å². The maximum atomic E-state index is 11.7. The number of hydrogen-bond acceptors (Lipinski definition) is 2. The molecule has 2 rings (SSSR count). The first kappa shape index (κ1) is 12.4. The van der Waals surface area contributed by atoms with Gasteiger partial charge in [0, 0.05) is 10.9 Å². The Bertz CT molecular complexity index is 712. The maximum Gasteiger partial charge on any atom is 0.266 e. The van der Waals surface area contributed by atoms with E-state index in [0.29, 0.717) is 0 Å². The number of fused-ring (bicyclic) bond motifs is 1. The average molecular weight is 240 g/mol. The fourth-order valence-corrected chi connectivity index (χ4v) is 2.05. The first-order valence-corrected chi connectivity index (χ1v) is 5.92. The molecule has 0 fully saturated rings. The van der Waals surface area contributed by atoms with Gasteiger partial charge in [-0.05, 0) is 35.6 Å². The fourth-order valence-electron chi connectivity index (χ4n) is 2.05. The van der Waals surface area contributed by atoms with Gasteiger partial charge in [0.15, 0.2) is 0 Å². The number of rotatable bonds is 0. The van der Waals surface area contributed by atoms with Crippen LogP contribution in [0.15, 0.2) is 23.0 Å². The SMILES string of the molecule is Cc1c(C#N)c(=O)[nH]c2ccc(C(C)(C)C)cc12. The highest BCUT2D eigenvalue weighted by Gasteiger charge is 2.15. The lowest BCUT2D eigenvalue weighted by Crippen LogP contribution is -2.14. The lowest BCUT2D eigenvalue weighted by molar-refractivity contribution is 0.591. The van der Waals surface area contributed by atoms with Gasteiger partial charge in [-0.2, -0.15) is 5.26 Å². The summed E-state index contributed by atoms with van der Waals surface area (Å²) in [5, 5.41) is 9.96. The van der Waals surface area contributed by atoms with Crippen LogP contribution in [0.4, 0.5) is 0 Å². The number of aryl methyl sites for hydroxylation is 1. The lowest BCUT2D eigenvalue weighted by Gasteiger charge is -2.19. The monoisotopic (exact) mass is 240 g/mol. The van der Waals surface area contributed by atoms with E-state index in [-0.39, 0.29) is 16.5 Å². The molecule has 1 aromatic heterocycles. The van der Waals surface area contributed by atoms with Gasteiger partial charge in [-0.15, -0.1) is 0 Å². The summed E-state index contributed by atoms with van der Waals surface area (Å²) in [5.41, 5.74) is 2.66. The summed E-state index contributed by atoms with van der Waals surface area (Å²) in [5.74, 6) is 0. The third kappa shape index (κ3) is 1.91. The fraction of sp³-hybridized carbons (Fsp3) is 0.333. The molecule has 0 aliphatic carbocycles. The Labute approximate surface area is 106 Å². The first-order chi connectivity index (χ1) is 8.34. The first-order valence-electron chi connectivity index (χ1n) is 5.92. The van der Waals surface area contributed by atoms with Crippen LogP contribution in [-0.2, 0) is 5.41 Å². The summed E-state index contributed by atoms with van der Waals surface area (Å²) >= 11 is 0. The van der Waals surface area contributed by atoms with E-state index in [1.165, 1.54) is 5.56 Å². The molecule has 18 heavy (non-hydrogen) atoms. The number of nitriles is 1. The number of hydrogen-bond donors (Lipinski definition) is 1. The zero-order chi connectivity index (χ0) is 13.5. The van der Waals surface area contributed by atoms with E-state index in [2.05, 4.69) is 31.8 Å². The van der Waals surface area contributed by atoms with Crippen molar-refractivity contribution in [3.05, 3.63) is 45.2 Å². The van der Waals surface area contributed by atoms with Crippen LogP contribution < -0.4 is 5.56 Å². The zero-order valence-electron chi connectivity index (χ0n) is 11.1. The van der Waals surface area contributed by atoms with Gasteiger partial charge in [0.25, 0.3) is 5.56 Å². The van der Waals surface area contributed by atoms with Crippen molar-refractivity contribution in [1.29, 1.82) is 5.26 Å². The molecule has 0 unspecified atom stereocenters. The molecule has 0 radical (unpaired) electrons. The molecule has 1 heterocycles. The van der Waals surface area contributed by atoms with E-state index in [1.54, 1.807) is 0 Å². The molecule has 2 aromatic rings. The summed E-state index contributed by atoms with van der Waals surface area (Å²) < 4.78 is 0. The van der Waals surface area contributed by atoms with E-state index in [4.69, 9.17) is 5.26 Å². The summed E-state index contributed by atoms with van der Waals surface area (Å²) in [6.07, 6.45) is 0. The lowest BCUT2D eigenvalue weighted by atomic mass is 9.86. The smallest absolute Gasteiger partial charge is 0.266 e. The van der Waals surface area contributed by atoms with Crippen molar-refractivity contribution >= 4 is 10.9 Å². The van der Waals surface area contributed by atoms with Gasteiger partial charge in [0.05, 0.1) is 0 Å². The molecule has 1 N–H and O–H groups in total. The van der Waals surface area contributed by atoms with Crippen molar-refractivity contribution in [3.8, 4) is 6.07 Å². The molecular weight excluding hydrogens is 224 g/mol. The van der Waals surface area contributed by atoms with Crippen molar-refractivity contribution < 1.29 is 0 Å². The molecule has 0 amide bonds. The molecule has 0 bridgehead atoms. The largest absolute Gasteiger partial charge is 0.321 e. The van der Waals surface area contributed by atoms with Crippen LogP contribution in [0.5, 0.6) is 0 Å².